The SMILES string of the molecule is Oc1ccc(Cl)cc1C(c1ccccc1)n1c(-c2ccc3c(c2)OCO3)nc2ccccc21. The van der Waals surface area contributed by atoms with E-state index in [1.807, 2.05) is 78.9 Å². The molecule has 0 saturated carbocycles. The molecule has 1 aliphatic rings. The lowest BCUT2D eigenvalue weighted by molar-refractivity contribution is 0.174. The summed E-state index contributed by atoms with van der Waals surface area (Å²) < 4.78 is 13.3. The average molecular weight is 455 g/mol. The zero-order chi connectivity index (χ0) is 22.4. The highest BCUT2D eigenvalue weighted by molar-refractivity contribution is 6.30. The highest BCUT2D eigenvalue weighted by atomic mass is 35.5. The summed E-state index contributed by atoms with van der Waals surface area (Å²) in [6, 6.07) is 28.6. The van der Waals surface area contributed by atoms with Gasteiger partial charge in [-0.3, -0.25) is 0 Å². The second kappa shape index (κ2) is 7.87. The summed E-state index contributed by atoms with van der Waals surface area (Å²) in [5.74, 6) is 2.33. The molecule has 2 heterocycles. The van der Waals surface area contributed by atoms with Crippen LogP contribution in [0.5, 0.6) is 17.2 Å². The van der Waals surface area contributed by atoms with Crippen molar-refractivity contribution in [3.8, 4) is 28.6 Å². The van der Waals surface area contributed by atoms with E-state index in [1.165, 1.54) is 0 Å². The maximum atomic E-state index is 10.9. The van der Waals surface area contributed by atoms with Gasteiger partial charge in [0.05, 0.1) is 17.1 Å². The van der Waals surface area contributed by atoms with Gasteiger partial charge in [0.25, 0.3) is 0 Å². The normalized spacial score (nSPS) is 13.4. The van der Waals surface area contributed by atoms with Crippen molar-refractivity contribution in [3.63, 3.8) is 0 Å². The van der Waals surface area contributed by atoms with E-state index in [2.05, 4.69) is 4.57 Å². The number of fused-ring (bicyclic) bond motifs is 2. The number of hydrogen-bond acceptors (Lipinski definition) is 4. The fourth-order valence-electron chi connectivity index (χ4n) is 4.39. The fraction of sp³-hybridized carbons (Fsp3) is 0.0741. The third-order valence-corrected chi connectivity index (χ3v) is 6.12. The Labute approximate surface area is 195 Å². The summed E-state index contributed by atoms with van der Waals surface area (Å²) in [6.45, 7) is 0.207. The summed E-state index contributed by atoms with van der Waals surface area (Å²) >= 11 is 6.38. The molecule has 5 nitrogen and oxygen atoms in total. The molecule has 0 spiro atoms. The van der Waals surface area contributed by atoms with Crippen molar-refractivity contribution in [2.75, 3.05) is 6.79 Å². The Balaban J connectivity index is 1.67. The Bertz CT molecular complexity index is 1480. The molecule has 0 radical (unpaired) electrons. The van der Waals surface area contributed by atoms with Gasteiger partial charge in [-0.2, -0.15) is 0 Å². The molecule has 1 aliphatic heterocycles. The standard InChI is InChI=1S/C27H19ClN2O3/c28-19-11-12-23(31)20(15-19)26(17-6-2-1-3-7-17)30-22-9-5-4-8-21(22)29-27(30)18-10-13-24-25(14-18)33-16-32-24/h1-15,26,31H,16H2. The number of aromatic hydroxyl groups is 1. The molecule has 1 aromatic heterocycles. The molecule has 1 N–H and O–H groups in total. The van der Waals surface area contributed by atoms with Crippen LogP contribution in [0, 0.1) is 0 Å². The molecule has 4 aromatic carbocycles. The monoisotopic (exact) mass is 454 g/mol. The van der Waals surface area contributed by atoms with Crippen molar-refractivity contribution in [3.05, 3.63) is 107 Å². The average Bonchev–Trinajstić information content (AvgIpc) is 3.47. The first-order chi connectivity index (χ1) is 16.2. The van der Waals surface area contributed by atoms with Crippen LogP contribution in [-0.4, -0.2) is 21.5 Å². The zero-order valence-corrected chi connectivity index (χ0v) is 18.2. The lowest BCUT2D eigenvalue weighted by Crippen LogP contribution is -2.14. The molecule has 1 unspecified atom stereocenters. The van der Waals surface area contributed by atoms with Gasteiger partial charge in [0, 0.05) is 16.1 Å². The number of imidazole rings is 1. The van der Waals surface area contributed by atoms with Crippen molar-refractivity contribution in [1.29, 1.82) is 0 Å². The van der Waals surface area contributed by atoms with Crippen LogP contribution < -0.4 is 9.47 Å². The van der Waals surface area contributed by atoms with Gasteiger partial charge in [-0.1, -0.05) is 54.1 Å². The number of ether oxygens (including phenoxy) is 2. The summed E-state index contributed by atoms with van der Waals surface area (Å²) in [5.41, 5.74) is 4.38. The van der Waals surface area contributed by atoms with Gasteiger partial charge in [-0.15, -0.1) is 0 Å². The summed E-state index contributed by atoms with van der Waals surface area (Å²) in [7, 11) is 0. The van der Waals surface area contributed by atoms with Crippen molar-refractivity contribution in [1.82, 2.24) is 9.55 Å². The predicted octanol–water partition coefficient (Wildman–Crippen LogP) is 6.43. The van der Waals surface area contributed by atoms with Gasteiger partial charge >= 0.3 is 0 Å². The second-order valence-corrected chi connectivity index (χ2v) is 8.31. The Morgan fingerprint density at radius 1 is 0.848 bits per heavy atom. The predicted molar refractivity (Wildman–Crippen MR) is 128 cm³/mol. The fourth-order valence-corrected chi connectivity index (χ4v) is 4.57. The van der Waals surface area contributed by atoms with Crippen LogP contribution in [0.25, 0.3) is 22.4 Å². The van der Waals surface area contributed by atoms with Crippen LogP contribution in [0.3, 0.4) is 0 Å². The smallest absolute Gasteiger partial charge is 0.231 e. The molecule has 33 heavy (non-hydrogen) atoms. The van der Waals surface area contributed by atoms with Crippen LogP contribution in [-0.2, 0) is 0 Å². The number of phenolic OH excluding ortho intramolecular Hbond substituents is 1. The molecule has 0 bridgehead atoms. The maximum Gasteiger partial charge on any atom is 0.231 e. The summed E-state index contributed by atoms with van der Waals surface area (Å²) in [5, 5.41) is 11.5. The Morgan fingerprint density at radius 3 is 2.52 bits per heavy atom. The minimum atomic E-state index is -0.363. The molecule has 5 aromatic rings. The molecular weight excluding hydrogens is 436 g/mol. The molecule has 1 atom stereocenters. The van der Waals surface area contributed by atoms with E-state index in [0.29, 0.717) is 22.1 Å². The van der Waals surface area contributed by atoms with Crippen LogP contribution in [0.2, 0.25) is 5.02 Å². The number of hydrogen-bond donors (Lipinski definition) is 1. The van der Waals surface area contributed by atoms with Crippen molar-refractivity contribution < 1.29 is 14.6 Å². The van der Waals surface area contributed by atoms with Gasteiger partial charge in [-0.25, -0.2) is 4.98 Å². The van der Waals surface area contributed by atoms with Crippen LogP contribution in [0.4, 0.5) is 0 Å². The quantitative estimate of drug-likeness (QED) is 0.340. The topological polar surface area (TPSA) is 56.5 Å². The first-order valence-corrected chi connectivity index (χ1v) is 11.0. The first-order valence-electron chi connectivity index (χ1n) is 10.6. The molecule has 0 saturated heterocycles. The van der Waals surface area contributed by atoms with Gasteiger partial charge in [0.2, 0.25) is 6.79 Å². The molecule has 6 rings (SSSR count). The molecule has 0 amide bonds. The van der Waals surface area contributed by atoms with Crippen molar-refractivity contribution in [2.45, 2.75) is 6.04 Å². The maximum absolute atomic E-state index is 10.9. The molecular formula is C27H19ClN2O3. The van der Waals surface area contributed by atoms with Gasteiger partial charge in [0.1, 0.15) is 11.6 Å². The number of aromatic nitrogens is 2. The third kappa shape index (κ3) is 3.38. The summed E-state index contributed by atoms with van der Waals surface area (Å²) in [4.78, 5) is 4.98. The molecule has 6 heteroatoms. The van der Waals surface area contributed by atoms with E-state index in [1.54, 1.807) is 12.1 Å². The van der Waals surface area contributed by atoms with Gasteiger partial charge in [-0.05, 0) is 54.1 Å². The second-order valence-electron chi connectivity index (χ2n) is 7.88. The minimum absolute atomic E-state index is 0.169. The van der Waals surface area contributed by atoms with Crippen LogP contribution >= 0.6 is 11.6 Å². The van der Waals surface area contributed by atoms with E-state index in [4.69, 9.17) is 26.1 Å². The van der Waals surface area contributed by atoms with Gasteiger partial charge < -0.3 is 19.1 Å². The highest BCUT2D eigenvalue weighted by Gasteiger charge is 2.27. The number of rotatable bonds is 4. The summed E-state index contributed by atoms with van der Waals surface area (Å²) in [6.07, 6.45) is 0. The Kier molecular flexibility index (Phi) is 4.70. The van der Waals surface area contributed by atoms with E-state index >= 15 is 0 Å². The van der Waals surface area contributed by atoms with Crippen LogP contribution in [0.15, 0.2) is 91.0 Å². The van der Waals surface area contributed by atoms with Crippen molar-refractivity contribution >= 4 is 22.6 Å². The number of phenols is 1. The lowest BCUT2D eigenvalue weighted by atomic mass is 9.96. The van der Waals surface area contributed by atoms with Gasteiger partial charge in [0.15, 0.2) is 11.5 Å². The van der Waals surface area contributed by atoms with Crippen molar-refractivity contribution in [2.24, 2.45) is 0 Å². The Hall–Kier alpha value is -3.96. The number of nitrogens with zero attached hydrogens (tertiary/aromatic N) is 2. The molecule has 0 fully saturated rings. The number of benzene rings is 4. The first kappa shape index (κ1) is 19.7. The lowest BCUT2D eigenvalue weighted by Gasteiger charge is -2.24. The number of halogens is 1. The van der Waals surface area contributed by atoms with E-state index in [9.17, 15) is 5.11 Å². The third-order valence-electron chi connectivity index (χ3n) is 5.88. The van der Waals surface area contributed by atoms with E-state index < -0.39 is 0 Å². The van der Waals surface area contributed by atoms with Crippen LogP contribution in [0.1, 0.15) is 17.2 Å². The Morgan fingerprint density at radius 2 is 1.64 bits per heavy atom. The largest absolute Gasteiger partial charge is 0.508 e. The van der Waals surface area contributed by atoms with E-state index in [0.717, 1.165) is 28.0 Å². The zero-order valence-electron chi connectivity index (χ0n) is 17.5. The molecule has 162 valence electrons. The number of para-hydroxylation sites is 2. The molecule has 0 aliphatic carbocycles. The minimum Gasteiger partial charge on any atom is -0.508 e. The highest BCUT2D eigenvalue weighted by Crippen LogP contribution is 2.42. The van der Waals surface area contributed by atoms with E-state index in [-0.39, 0.29) is 18.6 Å².